The molecule has 0 aliphatic rings. The van der Waals surface area contributed by atoms with Gasteiger partial charge in [-0.2, -0.15) is 13.2 Å². The number of carbonyl (C=O) groups is 1. The molecule has 1 atom stereocenters. The van der Waals surface area contributed by atoms with Gasteiger partial charge in [0.2, 0.25) is 5.76 Å². The molecule has 22 heavy (non-hydrogen) atoms. The Kier molecular flexibility index (Phi) is 6.66. The van der Waals surface area contributed by atoms with Crippen LogP contribution < -0.4 is 10.6 Å². The largest absolute Gasteiger partial charge is 0.452 e. The average Bonchev–Trinajstić information content (AvgIpc) is 2.93. The lowest BCUT2D eigenvalue weighted by Gasteiger charge is -2.23. The van der Waals surface area contributed by atoms with E-state index in [1.807, 2.05) is 7.05 Å². The highest BCUT2D eigenvalue weighted by Crippen LogP contribution is 2.29. The van der Waals surface area contributed by atoms with Gasteiger partial charge in [0, 0.05) is 25.2 Å². The Bertz CT molecular complexity index is 476. The van der Waals surface area contributed by atoms with E-state index in [-0.39, 0.29) is 12.2 Å². The van der Waals surface area contributed by atoms with Crippen LogP contribution in [0.1, 0.15) is 31.7 Å². The molecule has 0 saturated heterocycles. The minimum Gasteiger partial charge on any atom is -0.351 e. The summed E-state index contributed by atoms with van der Waals surface area (Å²) in [5.41, 5.74) is 0.0131. The van der Waals surface area contributed by atoms with E-state index in [0.29, 0.717) is 19.1 Å². The van der Waals surface area contributed by atoms with Gasteiger partial charge in [-0.25, -0.2) is 4.79 Å². The molecule has 0 spiro atoms. The van der Waals surface area contributed by atoms with Crippen molar-refractivity contribution in [3.05, 3.63) is 17.5 Å². The van der Waals surface area contributed by atoms with Crippen LogP contribution in [0.2, 0.25) is 0 Å². The van der Waals surface area contributed by atoms with E-state index in [2.05, 4.69) is 39.1 Å². The molecule has 1 unspecified atom stereocenters. The predicted octanol–water partition coefficient (Wildman–Crippen LogP) is 2.22. The first-order valence-corrected chi connectivity index (χ1v) is 6.98. The van der Waals surface area contributed by atoms with E-state index in [9.17, 15) is 18.0 Å². The maximum atomic E-state index is 12.3. The SMILES string of the molecule is CCC(C)N(C)CCNC(=O)NCc1cc(C(F)(F)F)on1. The van der Waals surface area contributed by atoms with Crippen molar-refractivity contribution in [1.82, 2.24) is 20.7 Å². The van der Waals surface area contributed by atoms with E-state index in [0.717, 1.165) is 12.5 Å². The second-order valence-corrected chi connectivity index (χ2v) is 5.03. The summed E-state index contributed by atoms with van der Waals surface area (Å²) in [4.78, 5) is 13.6. The van der Waals surface area contributed by atoms with Crippen LogP contribution in [-0.4, -0.2) is 42.3 Å². The number of alkyl halides is 3. The molecule has 0 bridgehead atoms. The molecular weight excluding hydrogens is 301 g/mol. The lowest BCUT2D eigenvalue weighted by Crippen LogP contribution is -2.41. The summed E-state index contributed by atoms with van der Waals surface area (Å²) >= 11 is 0. The van der Waals surface area contributed by atoms with Crippen LogP contribution in [0.15, 0.2) is 10.6 Å². The molecule has 0 aromatic carbocycles. The fourth-order valence-electron chi connectivity index (χ4n) is 1.64. The molecule has 1 rings (SSSR count). The number of urea groups is 1. The third-order valence-electron chi connectivity index (χ3n) is 3.36. The second kappa shape index (κ2) is 8.02. The van der Waals surface area contributed by atoms with E-state index in [1.165, 1.54) is 0 Å². The fourth-order valence-corrected chi connectivity index (χ4v) is 1.64. The van der Waals surface area contributed by atoms with Crippen molar-refractivity contribution in [3.8, 4) is 0 Å². The molecule has 0 aliphatic carbocycles. The van der Waals surface area contributed by atoms with Crippen LogP contribution in [0, 0.1) is 0 Å². The summed E-state index contributed by atoms with van der Waals surface area (Å²) < 4.78 is 41.1. The number of likely N-dealkylation sites (N-methyl/N-ethyl adjacent to an activating group) is 1. The summed E-state index contributed by atoms with van der Waals surface area (Å²) in [6.45, 7) is 5.16. The van der Waals surface area contributed by atoms with Gasteiger partial charge in [0.05, 0.1) is 6.54 Å². The third-order valence-corrected chi connectivity index (χ3v) is 3.36. The standard InChI is InChI=1S/C13H21F3N4O2/c1-4-9(2)20(3)6-5-17-12(21)18-8-10-7-11(22-19-10)13(14,15)16/h7,9H,4-6,8H2,1-3H3,(H2,17,18,21). The van der Waals surface area contributed by atoms with E-state index < -0.39 is 18.0 Å². The first-order chi connectivity index (χ1) is 10.2. The van der Waals surface area contributed by atoms with E-state index in [1.54, 1.807) is 0 Å². The van der Waals surface area contributed by atoms with Crippen LogP contribution in [-0.2, 0) is 12.7 Å². The number of carbonyl (C=O) groups excluding carboxylic acids is 1. The quantitative estimate of drug-likeness (QED) is 0.807. The van der Waals surface area contributed by atoms with Gasteiger partial charge in [-0.15, -0.1) is 0 Å². The number of nitrogens with zero attached hydrogens (tertiary/aromatic N) is 2. The van der Waals surface area contributed by atoms with E-state index in [4.69, 9.17) is 0 Å². The van der Waals surface area contributed by atoms with Crippen LogP contribution in [0.3, 0.4) is 0 Å². The molecule has 2 amide bonds. The smallest absolute Gasteiger partial charge is 0.351 e. The lowest BCUT2D eigenvalue weighted by molar-refractivity contribution is -0.155. The highest BCUT2D eigenvalue weighted by molar-refractivity contribution is 5.73. The molecule has 1 aromatic heterocycles. The number of rotatable bonds is 7. The number of amides is 2. The Hall–Kier alpha value is -1.77. The number of nitrogens with one attached hydrogen (secondary N) is 2. The predicted molar refractivity (Wildman–Crippen MR) is 74.1 cm³/mol. The zero-order valence-corrected chi connectivity index (χ0v) is 12.8. The van der Waals surface area contributed by atoms with E-state index >= 15 is 0 Å². The zero-order chi connectivity index (χ0) is 16.8. The first-order valence-electron chi connectivity index (χ1n) is 6.98. The van der Waals surface area contributed by atoms with Crippen LogP contribution in [0.4, 0.5) is 18.0 Å². The van der Waals surface area contributed by atoms with Gasteiger partial charge in [-0.05, 0) is 20.4 Å². The van der Waals surface area contributed by atoms with Crippen LogP contribution in [0.25, 0.3) is 0 Å². The fraction of sp³-hybridized carbons (Fsp3) is 0.692. The Labute approximate surface area is 127 Å². The molecule has 0 fully saturated rings. The average molecular weight is 322 g/mol. The van der Waals surface area contributed by atoms with Gasteiger partial charge in [0.15, 0.2) is 0 Å². The molecule has 0 radical (unpaired) electrons. The van der Waals surface area contributed by atoms with Gasteiger partial charge in [0.25, 0.3) is 0 Å². The molecule has 0 saturated carbocycles. The molecule has 1 heterocycles. The van der Waals surface area contributed by atoms with Gasteiger partial charge in [-0.1, -0.05) is 12.1 Å². The Morgan fingerprint density at radius 2 is 2.14 bits per heavy atom. The van der Waals surface area contributed by atoms with Crippen LogP contribution >= 0.6 is 0 Å². The van der Waals surface area contributed by atoms with Crippen molar-refractivity contribution in [3.63, 3.8) is 0 Å². The summed E-state index contributed by atoms with van der Waals surface area (Å²) in [6.07, 6.45) is -3.57. The van der Waals surface area contributed by atoms with Crippen molar-refractivity contribution in [1.29, 1.82) is 0 Å². The molecule has 9 heteroatoms. The maximum Gasteiger partial charge on any atom is 0.452 e. The number of hydrogen-bond acceptors (Lipinski definition) is 4. The molecular formula is C13H21F3N4O2. The number of hydrogen-bond donors (Lipinski definition) is 2. The second-order valence-electron chi connectivity index (χ2n) is 5.03. The number of aromatic nitrogens is 1. The van der Waals surface area contributed by atoms with Crippen molar-refractivity contribution in [2.75, 3.05) is 20.1 Å². The van der Waals surface area contributed by atoms with Crippen LogP contribution in [0.5, 0.6) is 0 Å². The highest BCUT2D eigenvalue weighted by atomic mass is 19.4. The summed E-state index contributed by atoms with van der Waals surface area (Å²) in [6, 6.07) is 0.715. The summed E-state index contributed by atoms with van der Waals surface area (Å²) in [5.74, 6) is -1.18. The maximum absolute atomic E-state index is 12.3. The molecule has 126 valence electrons. The Morgan fingerprint density at radius 3 is 2.68 bits per heavy atom. The van der Waals surface area contributed by atoms with Crippen molar-refractivity contribution in [2.45, 2.75) is 39.0 Å². The Morgan fingerprint density at radius 1 is 1.45 bits per heavy atom. The lowest BCUT2D eigenvalue weighted by atomic mass is 10.2. The Balaban J connectivity index is 2.27. The molecule has 0 aliphatic heterocycles. The first kappa shape index (κ1) is 18.3. The van der Waals surface area contributed by atoms with Gasteiger partial charge < -0.3 is 20.1 Å². The monoisotopic (exact) mass is 322 g/mol. The van der Waals surface area contributed by atoms with Crippen molar-refractivity contribution >= 4 is 6.03 Å². The zero-order valence-electron chi connectivity index (χ0n) is 12.8. The minimum absolute atomic E-state index is 0.0131. The van der Waals surface area contributed by atoms with Crippen molar-refractivity contribution in [2.24, 2.45) is 0 Å². The van der Waals surface area contributed by atoms with Crippen molar-refractivity contribution < 1.29 is 22.5 Å². The normalized spacial score (nSPS) is 13.2. The summed E-state index contributed by atoms with van der Waals surface area (Å²) in [5, 5.41) is 8.30. The molecule has 2 N–H and O–H groups in total. The highest BCUT2D eigenvalue weighted by Gasteiger charge is 2.36. The minimum atomic E-state index is -4.58. The number of halogens is 3. The van der Waals surface area contributed by atoms with Gasteiger partial charge in [-0.3, -0.25) is 0 Å². The molecule has 1 aromatic rings. The summed E-state index contributed by atoms with van der Waals surface area (Å²) in [7, 11) is 1.96. The van der Waals surface area contributed by atoms with Gasteiger partial charge >= 0.3 is 12.2 Å². The third kappa shape index (κ3) is 5.92. The van der Waals surface area contributed by atoms with Gasteiger partial charge in [0.1, 0.15) is 5.69 Å². The topological polar surface area (TPSA) is 70.4 Å². The molecule has 6 nitrogen and oxygen atoms in total.